The third-order valence-corrected chi connectivity index (χ3v) is 4.73. The molecule has 0 bridgehead atoms. The normalized spacial score (nSPS) is 10.2. The van der Waals surface area contributed by atoms with Crippen molar-refractivity contribution in [3.63, 3.8) is 0 Å². The molecule has 0 heterocycles. The quantitative estimate of drug-likeness (QED) is 0.186. The maximum atomic E-state index is 12.2. The van der Waals surface area contributed by atoms with Crippen LogP contribution in [0.25, 0.3) is 0 Å². The van der Waals surface area contributed by atoms with Crippen molar-refractivity contribution < 1.29 is 19.1 Å². The van der Waals surface area contributed by atoms with E-state index in [0.717, 1.165) is 0 Å². The van der Waals surface area contributed by atoms with Crippen molar-refractivity contribution in [2.24, 2.45) is 5.10 Å². The second kappa shape index (κ2) is 10.7. The Morgan fingerprint density at radius 2 is 1.62 bits per heavy atom. The molecule has 0 saturated carbocycles. The predicted octanol–water partition coefficient (Wildman–Crippen LogP) is 3.63. The molecular formula is C23H15BrN4O4. The molecule has 0 aliphatic heterocycles. The molecule has 0 unspecified atom stereocenters. The van der Waals surface area contributed by atoms with Gasteiger partial charge >= 0.3 is 17.8 Å². The van der Waals surface area contributed by atoms with Crippen LogP contribution in [0.2, 0.25) is 0 Å². The van der Waals surface area contributed by atoms with Crippen molar-refractivity contribution in [1.29, 1.82) is 5.26 Å². The average Bonchev–Trinajstić information content (AvgIpc) is 2.80. The van der Waals surface area contributed by atoms with Crippen LogP contribution in [0.4, 0.5) is 5.69 Å². The van der Waals surface area contributed by atoms with Gasteiger partial charge in [0.15, 0.2) is 0 Å². The lowest BCUT2D eigenvalue weighted by atomic mass is 10.2. The Kier molecular flexibility index (Phi) is 7.46. The van der Waals surface area contributed by atoms with E-state index in [1.54, 1.807) is 48.5 Å². The number of carbonyl (C=O) groups excluding carboxylic acids is 3. The largest absolute Gasteiger partial charge is 0.423 e. The monoisotopic (exact) mass is 490 g/mol. The minimum absolute atomic E-state index is 0.341. The Labute approximate surface area is 191 Å². The summed E-state index contributed by atoms with van der Waals surface area (Å²) in [5.41, 5.74) is 3.95. The number of esters is 1. The van der Waals surface area contributed by atoms with Crippen LogP contribution >= 0.6 is 15.9 Å². The maximum Gasteiger partial charge on any atom is 0.344 e. The first-order valence-corrected chi connectivity index (χ1v) is 9.97. The Morgan fingerprint density at radius 3 is 2.28 bits per heavy atom. The number of halogens is 1. The van der Waals surface area contributed by atoms with Gasteiger partial charge in [0.05, 0.1) is 23.4 Å². The van der Waals surface area contributed by atoms with Crippen molar-refractivity contribution in [2.75, 3.05) is 5.32 Å². The maximum absolute atomic E-state index is 12.2. The van der Waals surface area contributed by atoms with E-state index in [0.29, 0.717) is 32.6 Å². The van der Waals surface area contributed by atoms with Gasteiger partial charge in [-0.1, -0.05) is 12.1 Å². The van der Waals surface area contributed by atoms with Gasteiger partial charge in [0.2, 0.25) is 0 Å². The second-order valence-corrected chi connectivity index (χ2v) is 7.14. The van der Waals surface area contributed by atoms with Gasteiger partial charge in [-0.2, -0.15) is 10.4 Å². The van der Waals surface area contributed by atoms with E-state index in [1.165, 1.54) is 30.5 Å². The first-order valence-electron chi connectivity index (χ1n) is 9.17. The molecule has 158 valence electrons. The summed E-state index contributed by atoms with van der Waals surface area (Å²) in [5, 5.41) is 14.9. The molecule has 0 spiro atoms. The lowest BCUT2D eigenvalue weighted by molar-refractivity contribution is -0.136. The van der Waals surface area contributed by atoms with Gasteiger partial charge in [-0.25, -0.2) is 10.2 Å². The van der Waals surface area contributed by atoms with E-state index >= 15 is 0 Å². The number of hydrazone groups is 1. The van der Waals surface area contributed by atoms with Crippen molar-refractivity contribution >= 4 is 45.6 Å². The number of anilines is 1. The van der Waals surface area contributed by atoms with Crippen molar-refractivity contribution in [2.45, 2.75) is 0 Å². The lowest BCUT2D eigenvalue weighted by Crippen LogP contribution is -2.32. The minimum atomic E-state index is -0.954. The van der Waals surface area contributed by atoms with Crippen LogP contribution in [0.1, 0.15) is 21.5 Å². The number of nitriles is 1. The van der Waals surface area contributed by atoms with Gasteiger partial charge < -0.3 is 10.1 Å². The molecule has 0 atom stereocenters. The predicted molar refractivity (Wildman–Crippen MR) is 121 cm³/mol. The zero-order valence-corrected chi connectivity index (χ0v) is 18.0. The fourth-order valence-electron chi connectivity index (χ4n) is 2.44. The standard InChI is InChI=1S/C23H15BrN4O4/c24-20-4-2-1-3-19(20)23(31)32-18-11-7-16(8-12-18)14-26-28-22(30)21(29)27-17-9-5-15(13-25)6-10-17/h1-12,14H,(H,27,29)(H,28,30). The van der Waals surface area contributed by atoms with Gasteiger partial charge in [0.25, 0.3) is 0 Å². The smallest absolute Gasteiger partial charge is 0.344 e. The van der Waals surface area contributed by atoms with Crippen LogP contribution in [-0.2, 0) is 9.59 Å². The number of benzene rings is 3. The van der Waals surface area contributed by atoms with E-state index in [4.69, 9.17) is 10.00 Å². The Balaban J connectivity index is 1.51. The summed E-state index contributed by atoms with van der Waals surface area (Å²) in [6, 6.07) is 21.4. The number of ether oxygens (including phenoxy) is 1. The third-order valence-electron chi connectivity index (χ3n) is 4.04. The van der Waals surface area contributed by atoms with Crippen molar-refractivity contribution in [3.8, 4) is 11.8 Å². The highest BCUT2D eigenvalue weighted by molar-refractivity contribution is 9.10. The van der Waals surface area contributed by atoms with E-state index in [-0.39, 0.29) is 0 Å². The van der Waals surface area contributed by atoms with Gasteiger partial charge in [-0.15, -0.1) is 0 Å². The molecule has 32 heavy (non-hydrogen) atoms. The summed E-state index contributed by atoms with van der Waals surface area (Å²) in [6.45, 7) is 0. The second-order valence-electron chi connectivity index (χ2n) is 6.28. The van der Waals surface area contributed by atoms with Gasteiger partial charge in [0.1, 0.15) is 5.75 Å². The van der Waals surface area contributed by atoms with Crippen LogP contribution in [-0.4, -0.2) is 24.0 Å². The van der Waals surface area contributed by atoms with E-state index in [9.17, 15) is 14.4 Å². The molecule has 3 aromatic carbocycles. The summed E-state index contributed by atoms with van der Waals surface area (Å²) in [7, 11) is 0. The number of amides is 2. The Morgan fingerprint density at radius 1 is 0.938 bits per heavy atom. The molecule has 0 aliphatic carbocycles. The van der Waals surface area contributed by atoms with Gasteiger partial charge in [0, 0.05) is 10.2 Å². The zero-order valence-electron chi connectivity index (χ0n) is 16.4. The number of hydrogen-bond acceptors (Lipinski definition) is 6. The SMILES string of the molecule is N#Cc1ccc(NC(=O)C(=O)NN=Cc2ccc(OC(=O)c3ccccc3Br)cc2)cc1. The number of hydrogen-bond donors (Lipinski definition) is 2. The highest BCUT2D eigenvalue weighted by Crippen LogP contribution is 2.19. The molecule has 8 nitrogen and oxygen atoms in total. The summed E-state index contributed by atoms with van der Waals surface area (Å²) in [5.74, 6) is -2.01. The summed E-state index contributed by atoms with van der Waals surface area (Å²) >= 11 is 3.30. The molecule has 2 amide bonds. The van der Waals surface area contributed by atoms with E-state index in [1.807, 2.05) is 6.07 Å². The Hall–Kier alpha value is -4.29. The van der Waals surface area contributed by atoms with Crippen LogP contribution < -0.4 is 15.5 Å². The molecular weight excluding hydrogens is 476 g/mol. The topological polar surface area (TPSA) is 121 Å². The molecule has 0 aliphatic rings. The molecule has 0 fully saturated rings. The molecule has 3 aromatic rings. The average molecular weight is 491 g/mol. The number of nitrogens with zero attached hydrogens (tertiary/aromatic N) is 2. The first-order chi connectivity index (χ1) is 15.5. The lowest BCUT2D eigenvalue weighted by Gasteiger charge is -2.06. The highest BCUT2D eigenvalue weighted by atomic mass is 79.9. The van der Waals surface area contributed by atoms with E-state index in [2.05, 4.69) is 31.8 Å². The van der Waals surface area contributed by atoms with Gasteiger partial charge in [-0.3, -0.25) is 9.59 Å². The molecule has 0 saturated heterocycles. The summed E-state index contributed by atoms with van der Waals surface area (Å²) in [6.07, 6.45) is 1.34. The molecule has 0 radical (unpaired) electrons. The number of carbonyl (C=O) groups is 3. The number of nitrogens with one attached hydrogen (secondary N) is 2. The fourth-order valence-corrected chi connectivity index (χ4v) is 2.89. The molecule has 9 heteroatoms. The first kappa shape index (κ1) is 22.4. The van der Waals surface area contributed by atoms with Crippen LogP contribution in [0.5, 0.6) is 5.75 Å². The highest BCUT2D eigenvalue weighted by Gasteiger charge is 2.13. The van der Waals surface area contributed by atoms with Crippen molar-refractivity contribution in [3.05, 3.63) is 94.0 Å². The van der Waals surface area contributed by atoms with E-state index < -0.39 is 17.8 Å². The van der Waals surface area contributed by atoms with Crippen molar-refractivity contribution in [1.82, 2.24) is 5.43 Å². The fraction of sp³-hybridized carbons (Fsp3) is 0. The van der Waals surface area contributed by atoms with Gasteiger partial charge in [-0.05, 0) is 82.2 Å². The third kappa shape index (κ3) is 6.10. The minimum Gasteiger partial charge on any atom is -0.423 e. The van der Waals surface area contributed by atoms with Crippen LogP contribution in [0, 0.1) is 11.3 Å². The molecule has 2 N–H and O–H groups in total. The van der Waals surface area contributed by atoms with Crippen LogP contribution in [0.15, 0.2) is 82.4 Å². The molecule has 0 aromatic heterocycles. The zero-order chi connectivity index (χ0) is 22.9. The Bertz CT molecular complexity index is 1220. The summed E-state index contributed by atoms with van der Waals surface area (Å²) < 4.78 is 5.96. The number of rotatable bonds is 5. The van der Waals surface area contributed by atoms with Crippen LogP contribution in [0.3, 0.4) is 0 Å². The summed E-state index contributed by atoms with van der Waals surface area (Å²) in [4.78, 5) is 35.9. The molecule has 3 rings (SSSR count).